The van der Waals surface area contributed by atoms with Gasteiger partial charge in [-0.1, -0.05) is 0 Å². The standard InChI is InChI=1S/C10H15N3OS.ClH/c1-15-7-4-9(11)10(14)13-8-2-5-12-6-3-8;/h2-3,5-6,9H,4,7,11H2,1H3,(H,12,13,14);1H/t9-;/m0./s1. The first-order valence-corrected chi connectivity index (χ1v) is 6.09. The number of amides is 1. The number of aromatic nitrogens is 1. The lowest BCUT2D eigenvalue weighted by atomic mass is 10.2. The van der Waals surface area contributed by atoms with Crippen LogP contribution in [0.5, 0.6) is 0 Å². The first-order chi connectivity index (χ1) is 7.24. The lowest BCUT2D eigenvalue weighted by Crippen LogP contribution is -2.36. The normalized spacial score (nSPS) is 11.4. The third-order valence-electron chi connectivity index (χ3n) is 1.92. The molecule has 4 nitrogen and oxygen atoms in total. The van der Waals surface area contributed by atoms with Crippen molar-refractivity contribution in [2.24, 2.45) is 5.73 Å². The van der Waals surface area contributed by atoms with Crippen LogP contribution < -0.4 is 11.1 Å². The fourth-order valence-corrected chi connectivity index (χ4v) is 1.54. The average molecular weight is 262 g/mol. The molecule has 1 rings (SSSR count). The van der Waals surface area contributed by atoms with Crippen molar-refractivity contribution in [3.63, 3.8) is 0 Å². The van der Waals surface area contributed by atoms with Crippen molar-refractivity contribution in [3.8, 4) is 0 Å². The van der Waals surface area contributed by atoms with Crippen LogP contribution in [-0.4, -0.2) is 28.9 Å². The minimum atomic E-state index is -0.439. The quantitative estimate of drug-likeness (QED) is 0.843. The number of nitrogens with one attached hydrogen (secondary N) is 1. The predicted octanol–water partition coefficient (Wildman–Crippen LogP) is 1.52. The van der Waals surface area contributed by atoms with Crippen molar-refractivity contribution >= 4 is 35.8 Å². The molecule has 0 bridgehead atoms. The lowest BCUT2D eigenvalue weighted by molar-refractivity contribution is -0.117. The van der Waals surface area contributed by atoms with E-state index in [0.29, 0.717) is 6.42 Å². The molecule has 0 aromatic carbocycles. The Labute approximate surface area is 106 Å². The molecule has 0 unspecified atom stereocenters. The molecule has 1 atom stereocenters. The van der Waals surface area contributed by atoms with E-state index < -0.39 is 6.04 Å². The number of carbonyl (C=O) groups excluding carboxylic acids is 1. The molecular weight excluding hydrogens is 246 g/mol. The maximum atomic E-state index is 11.6. The number of nitrogens with two attached hydrogens (primary N) is 1. The third-order valence-corrected chi connectivity index (χ3v) is 2.56. The lowest BCUT2D eigenvalue weighted by Gasteiger charge is -2.11. The number of thioether (sulfide) groups is 1. The van der Waals surface area contributed by atoms with Crippen LogP contribution in [-0.2, 0) is 4.79 Å². The van der Waals surface area contributed by atoms with E-state index in [9.17, 15) is 4.79 Å². The minimum absolute atomic E-state index is 0. The van der Waals surface area contributed by atoms with Crippen LogP contribution in [0.4, 0.5) is 5.69 Å². The summed E-state index contributed by atoms with van der Waals surface area (Å²) < 4.78 is 0. The van der Waals surface area contributed by atoms with Crippen molar-refractivity contribution in [1.29, 1.82) is 0 Å². The van der Waals surface area contributed by atoms with Crippen molar-refractivity contribution in [2.75, 3.05) is 17.3 Å². The molecule has 0 aliphatic carbocycles. The third kappa shape index (κ3) is 5.34. The van der Waals surface area contributed by atoms with E-state index in [2.05, 4.69) is 10.3 Å². The van der Waals surface area contributed by atoms with Crippen molar-refractivity contribution in [3.05, 3.63) is 24.5 Å². The number of nitrogens with zero attached hydrogens (tertiary/aromatic N) is 1. The van der Waals surface area contributed by atoms with Gasteiger partial charge in [0, 0.05) is 18.1 Å². The van der Waals surface area contributed by atoms with Crippen molar-refractivity contribution < 1.29 is 4.79 Å². The maximum absolute atomic E-state index is 11.6. The molecule has 1 aromatic rings. The highest BCUT2D eigenvalue weighted by molar-refractivity contribution is 7.98. The summed E-state index contributed by atoms with van der Waals surface area (Å²) in [5.41, 5.74) is 6.44. The molecule has 1 heterocycles. The van der Waals surface area contributed by atoms with E-state index in [4.69, 9.17) is 5.73 Å². The van der Waals surface area contributed by atoms with Gasteiger partial charge in [-0.05, 0) is 30.6 Å². The first-order valence-electron chi connectivity index (χ1n) is 4.69. The van der Waals surface area contributed by atoms with Gasteiger partial charge in [0.2, 0.25) is 5.91 Å². The van der Waals surface area contributed by atoms with Gasteiger partial charge in [-0.25, -0.2) is 0 Å². The highest BCUT2D eigenvalue weighted by atomic mass is 35.5. The molecule has 0 saturated carbocycles. The highest BCUT2D eigenvalue weighted by Gasteiger charge is 2.12. The molecule has 16 heavy (non-hydrogen) atoms. The number of hydrogen-bond donors (Lipinski definition) is 2. The molecule has 0 fully saturated rings. The number of hydrogen-bond acceptors (Lipinski definition) is 4. The zero-order chi connectivity index (χ0) is 11.1. The van der Waals surface area contributed by atoms with Crippen LogP contribution in [0, 0.1) is 0 Å². The number of carbonyl (C=O) groups is 1. The fraction of sp³-hybridized carbons (Fsp3) is 0.400. The van der Waals surface area contributed by atoms with E-state index in [0.717, 1.165) is 11.4 Å². The molecule has 0 aliphatic rings. The molecule has 0 aliphatic heterocycles. The number of anilines is 1. The fourth-order valence-electron chi connectivity index (χ4n) is 1.05. The van der Waals surface area contributed by atoms with Gasteiger partial charge in [-0.3, -0.25) is 9.78 Å². The van der Waals surface area contributed by atoms with Crippen molar-refractivity contribution in [1.82, 2.24) is 4.98 Å². The average Bonchev–Trinajstić information content (AvgIpc) is 2.27. The summed E-state index contributed by atoms with van der Waals surface area (Å²) in [4.78, 5) is 15.4. The predicted molar refractivity (Wildman–Crippen MR) is 71.1 cm³/mol. The summed E-state index contributed by atoms with van der Waals surface area (Å²) in [7, 11) is 0. The monoisotopic (exact) mass is 261 g/mol. The molecule has 6 heteroatoms. The summed E-state index contributed by atoms with van der Waals surface area (Å²) in [5.74, 6) is 0.750. The van der Waals surface area contributed by atoms with Crippen LogP contribution >= 0.6 is 24.2 Å². The Hall–Kier alpha value is -0.780. The minimum Gasteiger partial charge on any atom is -0.325 e. The van der Waals surface area contributed by atoms with Gasteiger partial charge >= 0.3 is 0 Å². The van der Waals surface area contributed by atoms with Crippen LogP contribution in [0.15, 0.2) is 24.5 Å². The van der Waals surface area contributed by atoms with E-state index in [1.54, 1.807) is 36.3 Å². The molecule has 3 N–H and O–H groups in total. The van der Waals surface area contributed by atoms with Crippen LogP contribution in [0.1, 0.15) is 6.42 Å². The molecular formula is C10H16ClN3OS. The smallest absolute Gasteiger partial charge is 0.241 e. The molecule has 0 spiro atoms. The Morgan fingerprint density at radius 2 is 2.19 bits per heavy atom. The second-order valence-electron chi connectivity index (χ2n) is 3.11. The molecule has 0 radical (unpaired) electrons. The van der Waals surface area contributed by atoms with E-state index in [1.807, 2.05) is 6.26 Å². The Morgan fingerprint density at radius 1 is 1.56 bits per heavy atom. The van der Waals surface area contributed by atoms with Gasteiger partial charge in [-0.15, -0.1) is 12.4 Å². The Morgan fingerprint density at radius 3 is 2.75 bits per heavy atom. The Balaban J connectivity index is 0.00000225. The van der Waals surface area contributed by atoms with Crippen LogP contribution in [0.25, 0.3) is 0 Å². The second-order valence-corrected chi connectivity index (χ2v) is 4.10. The largest absolute Gasteiger partial charge is 0.325 e. The summed E-state index contributed by atoms with van der Waals surface area (Å²) in [5, 5.41) is 2.74. The highest BCUT2D eigenvalue weighted by Crippen LogP contribution is 2.05. The van der Waals surface area contributed by atoms with Gasteiger partial charge in [0.15, 0.2) is 0 Å². The van der Waals surface area contributed by atoms with E-state index in [-0.39, 0.29) is 18.3 Å². The molecule has 90 valence electrons. The first kappa shape index (κ1) is 15.2. The van der Waals surface area contributed by atoms with Gasteiger partial charge in [-0.2, -0.15) is 11.8 Å². The Bertz CT molecular complexity index is 310. The van der Waals surface area contributed by atoms with Gasteiger partial charge < -0.3 is 11.1 Å². The number of halogens is 1. The van der Waals surface area contributed by atoms with Gasteiger partial charge in [0.05, 0.1) is 6.04 Å². The SMILES string of the molecule is CSCC[C@H](N)C(=O)Nc1ccncc1.Cl. The summed E-state index contributed by atoms with van der Waals surface area (Å²) >= 11 is 1.68. The summed E-state index contributed by atoms with van der Waals surface area (Å²) in [6.07, 6.45) is 5.94. The summed E-state index contributed by atoms with van der Waals surface area (Å²) in [6.45, 7) is 0. The zero-order valence-corrected chi connectivity index (χ0v) is 10.7. The topological polar surface area (TPSA) is 68.0 Å². The number of pyridine rings is 1. The molecule has 0 saturated heterocycles. The van der Waals surface area contributed by atoms with Crippen LogP contribution in [0.3, 0.4) is 0 Å². The summed E-state index contributed by atoms with van der Waals surface area (Å²) in [6, 6.07) is 3.03. The second kappa shape index (κ2) is 8.38. The van der Waals surface area contributed by atoms with Crippen molar-refractivity contribution in [2.45, 2.75) is 12.5 Å². The van der Waals surface area contributed by atoms with E-state index >= 15 is 0 Å². The maximum Gasteiger partial charge on any atom is 0.241 e. The zero-order valence-electron chi connectivity index (χ0n) is 9.05. The van der Waals surface area contributed by atoms with Gasteiger partial charge in [0.1, 0.15) is 0 Å². The van der Waals surface area contributed by atoms with E-state index in [1.165, 1.54) is 0 Å². The Kier molecular flexibility index (Phi) is 7.97. The molecule has 1 amide bonds. The number of rotatable bonds is 5. The molecule has 1 aromatic heterocycles. The van der Waals surface area contributed by atoms with Crippen LogP contribution in [0.2, 0.25) is 0 Å². The van der Waals surface area contributed by atoms with Gasteiger partial charge in [0.25, 0.3) is 0 Å².